The van der Waals surface area contributed by atoms with Gasteiger partial charge in [-0.2, -0.15) is 5.10 Å². The van der Waals surface area contributed by atoms with Crippen molar-refractivity contribution in [2.45, 2.75) is 6.04 Å². The largest absolute Gasteiger partial charge is 0.275 e. The average molecular weight is 363 g/mol. The summed E-state index contributed by atoms with van der Waals surface area (Å²) in [7, 11) is 1.88. The molecule has 0 aliphatic rings. The van der Waals surface area contributed by atoms with Gasteiger partial charge in [0.1, 0.15) is 0 Å². The SMILES string of the molecule is Cn1cc(C(NN)c2cc(Cl)ccc2I)cn1. The lowest BCUT2D eigenvalue weighted by atomic mass is 10.0. The van der Waals surface area contributed by atoms with Gasteiger partial charge in [0.2, 0.25) is 0 Å². The molecule has 2 rings (SSSR count). The third-order valence-corrected chi connectivity index (χ3v) is 3.71. The fraction of sp³-hybridized carbons (Fsp3) is 0.182. The van der Waals surface area contributed by atoms with E-state index in [2.05, 4.69) is 33.1 Å². The Kier molecular flexibility index (Phi) is 4.03. The number of hydrazine groups is 1. The number of benzene rings is 1. The van der Waals surface area contributed by atoms with Gasteiger partial charge in [-0.05, 0) is 46.4 Å². The average Bonchev–Trinajstić information content (AvgIpc) is 2.71. The monoisotopic (exact) mass is 362 g/mol. The van der Waals surface area contributed by atoms with E-state index in [0.717, 1.165) is 14.7 Å². The minimum Gasteiger partial charge on any atom is -0.275 e. The molecule has 17 heavy (non-hydrogen) atoms. The second-order valence-corrected chi connectivity index (χ2v) is 5.31. The van der Waals surface area contributed by atoms with Gasteiger partial charge in [-0.3, -0.25) is 10.5 Å². The Morgan fingerprint density at radius 2 is 2.29 bits per heavy atom. The van der Waals surface area contributed by atoms with Crippen LogP contribution in [0.4, 0.5) is 0 Å². The molecule has 0 amide bonds. The molecule has 0 radical (unpaired) electrons. The van der Waals surface area contributed by atoms with Crippen molar-refractivity contribution < 1.29 is 0 Å². The van der Waals surface area contributed by atoms with Gasteiger partial charge >= 0.3 is 0 Å². The number of nitrogens with one attached hydrogen (secondary N) is 1. The Bertz CT molecular complexity index is 526. The smallest absolute Gasteiger partial charge is 0.0751 e. The van der Waals surface area contributed by atoms with Crippen LogP contribution < -0.4 is 11.3 Å². The summed E-state index contributed by atoms with van der Waals surface area (Å²) in [6, 6.07) is 5.65. The highest BCUT2D eigenvalue weighted by Crippen LogP contribution is 2.27. The Balaban J connectivity index is 2.45. The Morgan fingerprint density at radius 3 is 2.88 bits per heavy atom. The van der Waals surface area contributed by atoms with E-state index < -0.39 is 0 Å². The molecule has 0 spiro atoms. The van der Waals surface area contributed by atoms with Gasteiger partial charge in [0.05, 0.1) is 12.2 Å². The van der Waals surface area contributed by atoms with Crippen molar-refractivity contribution in [3.63, 3.8) is 0 Å². The fourth-order valence-electron chi connectivity index (χ4n) is 1.69. The minimum atomic E-state index is -0.103. The van der Waals surface area contributed by atoms with Crippen LogP contribution in [0.25, 0.3) is 0 Å². The van der Waals surface area contributed by atoms with Crippen molar-refractivity contribution in [2.24, 2.45) is 12.9 Å². The fourth-order valence-corrected chi connectivity index (χ4v) is 2.52. The lowest BCUT2D eigenvalue weighted by molar-refractivity contribution is 0.633. The Labute approximate surface area is 118 Å². The summed E-state index contributed by atoms with van der Waals surface area (Å²) in [5, 5.41) is 4.85. The van der Waals surface area contributed by atoms with E-state index in [9.17, 15) is 0 Å². The molecule has 3 N–H and O–H groups in total. The molecule has 1 aromatic heterocycles. The summed E-state index contributed by atoms with van der Waals surface area (Å²) in [5.74, 6) is 5.63. The zero-order valence-electron chi connectivity index (χ0n) is 9.19. The standard InChI is InChI=1S/C11H12ClIN4/c1-17-6-7(5-15-17)11(16-14)9-4-8(12)2-3-10(9)13/h2-6,11,16H,14H2,1H3. The summed E-state index contributed by atoms with van der Waals surface area (Å²) >= 11 is 8.29. The van der Waals surface area contributed by atoms with E-state index in [0.29, 0.717) is 5.02 Å². The van der Waals surface area contributed by atoms with Crippen LogP contribution in [0.3, 0.4) is 0 Å². The molecular formula is C11H12ClIN4. The summed E-state index contributed by atoms with van der Waals surface area (Å²) in [5.41, 5.74) is 4.86. The molecule has 0 aliphatic carbocycles. The van der Waals surface area contributed by atoms with E-state index >= 15 is 0 Å². The van der Waals surface area contributed by atoms with E-state index in [4.69, 9.17) is 17.4 Å². The predicted molar refractivity (Wildman–Crippen MR) is 76.5 cm³/mol. The Morgan fingerprint density at radius 1 is 1.53 bits per heavy atom. The van der Waals surface area contributed by atoms with E-state index in [1.807, 2.05) is 31.4 Å². The topological polar surface area (TPSA) is 55.9 Å². The van der Waals surface area contributed by atoms with Crippen LogP contribution in [0.2, 0.25) is 5.02 Å². The van der Waals surface area contributed by atoms with Crippen molar-refractivity contribution in [1.29, 1.82) is 0 Å². The molecule has 0 saturated heterocycles. The zero-order chi connectivity index (χ0) is 12.4. The van der Waals surface area contributed by atoms with Crippen LogP contribution >= 0.6 is 34.2 Å². The second kappa shape index (κ2) is 5.34. The first-order valence-electron chi connectivity index (χ1n) is 5.01. The summed E-state index contributed by atoms with van der Waals surface area (Å²) < 4.78 is 2.86. The molecule has 90 valence electrons. The second-order valence-electron chi connectivity index (χ2n) is 3.71. The van der Waals surface area contributed by atoms with Gasteiger partial charge in [0.15, 0.2) is 0 Å². The van der Waals surface area contributed by atoms with Crippen molar-refractivity contribution in [2.75, 3.05) is 0 Å². The summed E-state index contributed by atoms with van der Waals surface area (Å²) in [6.45, 7) is 0. The maximum atomic E-state index is 6.02. The molecule has 1 aromatic carbocycles. The third kappa shape index (κ3) is 2.79. The highest BCUT2D eigenvalue weighted by Gasteiger charge is 2.17. The minimum absolute atomic E-state index is 0.103. The molecule has 6 heteroatoms. The van der Waals surface area contributed by atoms with Gasteiger partial charge in [-0.15, -0.1) is 0 Å². The van der Waals surface area contributed by atoms with Gasteiger partial charge < -0.3 is 0 Å². The first-order valence-corrected chi connectivity index (χ1v) is 6.47. The number of aryl methyl sites for hydroxylation is 1. The molecule has 0 saturated carbocycles. The summed E-state index contributed by atoms with van der Waals surface area (Å²) in [4.78, 5) is 0. The molecule has 2 aromatic rings. The molecular weight excluding hydrogens is 351 g/mol. The van der Waals surface area contributed by atoms with Gasteiger partial charge in [0.25, 0.3) is 0 Å². The number of hydrogen-bond donors (Lipinski definition) is 2. The highest BCUT2D eigenvalue weighted by atomic mass is 127. The normalized spacial score (nSPS) is 12.7. The summed E-state index contributed by atoms with van der Waals surface area (Å²) in [6.07, 6.45) is 3.73. The van der Waals surface area contributed by atoms with Gasteiger partial charge in [-0.25, -0.2) is 5.43 Å². The van der Waals surface area contributed by atoms with Crippen molar-refractivity contribution >= 4 is 34.2 Å². The third-order valence-electron chi connectivity index (χ3n) is 2.49. The lowest BCUT2D eigenvalue weighted by Gasteiger charge is -2.16. The lowest BCUT2D eigenvalue weighted by Crippen LogP contribution is -2.29. The number of aromatic nitrogens is 2. The zero-order valence-corrected chi connectivity index (χ0v) is 12.1. The van der Waals surface area contributed by atoms with Gasteiger partial charge in [-0.1, -0.05) is 11.6 Å². The Hall–Kier alpha value is -0.630. The van der Waals surface area contributed by atoms with Crippen LogP contribution in [0, 0.1) is 3.57 Å². The quantitative estimate of drug-likeness (QED) is 0.500. The number of hydrogen-bond acceptors (Lipinski definition) is 3. The molecule has 0 fully saturated rings. The number of rotatable bonds is 3. The molecule has 0 bridgehead atoms. The van der Waals surface area contributed by atoms with Crippen LogP contribution in [0.1, 0.15) is 17.2 Å². The van der Waals surface area contributed by atoms with E-state index in [1.165, 1.54) is 0 Å². The number of halogens is 2. The maximum absolute atomic E-state index is 6.02. The molecule has 1 unspecified atom stereocenters. The van der Waals surface area contributed by atoms with Crippen LogP contribution in [-0.2, 0) is 7.05 Å². The number of nitrogens with zero attached hydrogens (tertiary/aromatic N) is 2. The predicted octanol–water partition coefficient (Wildman–Crippen LogP) is 2.23. The van der Waals surface area contributed by atoms with Crippen molar-refractivity contribution in [3.8, 4) is 0 Å². The first kappa shape index (κ1) is 12.8. The van der Waals surface area contributed by atoms with Crippen LogP contribution in [0.5, 0.6) is 0 Å². The number of nitrogens with two attached hydrogens (primary N) is 1. The van der Waals surface area contributed by atoms with Crippen LogP contribution in [-0.4, -0.2) is 9.78 Å². The van der Waals surface area contributed by atoms with Crippen molar-refractivity contribution in [1.82, 2.24) is 15.2 Å². The van der Waals surface area contributed by atoms with Gasteiger partial charge in [0, 0.05) is 27.4 Å². The molecule has 1 atom stereocenters. The van der Waals surface area contributed by atoms with E-state index in [1.54, 1.807) is 10.9 Å². The molecule has 1 heterocycles. The van der Waals surface area contributed by atoms with Crippen LogP contribution in [0.15, 0.2) is 30.6 Å². The molecule has 0 aliphatic heterocycles. The van der Waals surface area contributed by atoms with Crippen molar-refractivity contribution in [3.05, 3.63) is 50.3 Å². The first-order chi connectivity index (χ1) is 8.11. The maximum Gasteiger partial charge on any atom is 0.0751 e. The van der Waals surface area contributed by atoms with E-state index in [-0.39, 0.29) is 6.04 Å². The highest BCUT2D eigenvalue weighted by molar-refractivity contribution is 14.1. The molecule has 4 nitrogen and oxygen atoms in total.